The van der Waals surface area contributed by atoms with Crippen molar-refractivity contribution in [2.24, 2.45) is 0 Å². The van der Waals surface area contributed by atoms with Crippen LogP contribution in [0.25, 0.3) is 10.2 Å². The second kappa shape index (κ2) is 13.2. The van der Waals surface area contributed by atoms with Crippen molar-refractivity contribution in [3.63, 3.8) is 0 Å². The van der Waals surface area contributed by atoms with Gasteiger partial charge in [-0.25, -0.2) is 8.78 Å². The number of aromatic hydroxyl groups is 1. The maximum absolute atomic E-state index is 13.8. The van der Waals surface area contributed by atoms with Crippen molar-refractivity contribution in [2.45, 2.75) is 76.3 Å². The van der Waals surface area contributed by atoms with Crippen LogP contribution in [0, 0.1) is 0 Å². The zero-order valence-electron chi connectivity index (χ0n) is 23.3. The Bertz CT molecular complexity index is 1320. The van der Waals surface area contributed by atoms with E-state index in [9.17, 15) is 23.5 Å². The van der Waals surface area contributed by atoms with Crippen LogP contribution in [0.15, 0.2) is 47.3 Å². The fourth-order valence-corrected chi connectivity index (χ4v) is 6.38. The average Bonchev–Trinajstić information content (AvgIpc) is 3.30. The third-order valence-electron chi connectivity index (χ3n) is 7.62. The van der Waals surface area contributed by atoms with Gasteiger partial charge >= 0.3 is 4.87 Å². The Kier molecular flexibility index (Phi) is 9.97. The van der Waals surface area contributed by atoms with Crippen molar-refractivity contribution in [1.82, 2.24) is 20.5 Å². The SMILES string of the molecule is CC(C)(Cc1ccccc1)NCCC(=O)N(CCNCCc1ccc(O)c2[nH]c(=O)sc12)C1CCC(F)(F)CC1. The minimum absolute atomic E-state index is 0.0163. The first kappa shape index (κ1) is 30.1. The molecule has 1 heterocycles. The highest BCUT2D eigenvalue weighted by atomic mass is 32.1. The van der Waals surface area contributed by atoms with Gasteiger partial charge in [0.2, 0.25) is 11.8 Å². The largest absolute Gasteiger partial charge is 0.506 e. The third kappa shape index (κ3) is 8.34. The maximum atomic E-state index is 13.8. The number of carbonyl (C=O) groups excluding carboxylic acids is 1. The molecule has 0 atom stereocenters. The highest BCUT2D eigenvalue weighted by Gasteiger charge is 2.38. The lowest BCUT2D eigenvalue weighted by Gasteiger charge is -2.37. The minimum atomic E-state index is -2.65. The maximum Gasteiger partial charge on any atom is 0.305 e. The van der Waals surface area contributed by atoms with Gasteiger partial charge in [0, 0.05) is 50.5 Å². The number of nitrogens with zero attached hydrogens (tertiary/aromatic N) is 1. The number of phenolic OH excluding ortho intramolecular Hbond substituents is 1. The van der Waals surface area contributed by atoms with Crippen LogP contribution >= 0.6 is 11.3 Å². The second-order valence-electron chi connectivity index (χ2n) is 11.4. The molecule has 7 nitrogen and oxygen atoms in total. The molecule has 40 heavy (non-hydrogen) atoms. The van der Waals surface area contributed by atoms with Gasteiger partial charge in [-0.15, -0.1) is 0 Å². The van der Waals surface area contributed by atoms with E-state index >= 15 is 0 Å². The van der Waals surface area contributed by atoms with E-state index in [1.165, 1.54) is 5.56 Å². The molecule has 1 aliphatic rings. The Morgan fingerprint density at radius 2 is 1.85 bits per heavy atom. The average molecular weight is 575 g/mol. The standard InChI is InChI=1S/C30H40F2N4O3S/c1-29(2,20-21-6-4-3-5-7-21)34-17-13-25(38)36(23-10-14-30(31,32)15-11-23)19-18-33-16-12-22-8-9-24(37)26-27(22)40-28(39)35-26/h3-9,23,33-34,37H,10-20H2,1-2H3,(H,35,39). The fourth-order valence-electron chi connectivity index (χ4n) is 5.49. The number of halogens is 2. The molecule has 10 heteroatoms. The van der Waals surface area contributed by atoms with Crippen molar-refractivity contribution < 1.29 is 18.7 Å². The Morgan fingerprint density at radius 3 is 2.58 bits per heavy atom. The molecule has 1 fully saturated rings. The predicted octanol–water partition coefficient (Wildman–Crippen LogP) is 4.83. The molecule has 1 amide bonds. The van der Waals surface area contributed by atoms with Crippen LogP contribution in [-0.4, -0.2) is 64.6 Å². The van der Waals surface area contributed by atoms with Crippen molar-refractivity contribution >= 4 is 27.5 Å². The number of hydrogen-bond acceptors (Lipinski definition) is 6. The summed E-state index contributed by atoms with van der Waals surface area (Å²) in [5, 5.41) is 16.9. The summed E-state index contributed by atoms with van der Waals surface area (Å²) in [6.07, 6.45) is 2.03. The zero-order valence-corrected chi connectivity index (χ0v) is 24.1. The summed E-state index contributed by atoms with van der Waals surface area (Å²) in [6.45, 7) is 6.35. The number of hydrogen-bond donors (Lipinski definition) is 4. The quantitative estimate of drug-likeness (QED) is 0.219. The molecule has 0 saturated heterocycles. The van der Waals surface area contributed by atoms with Gasteiger partial charge in [-0.1, -0.05) is 47.7 Å². The molecule has 4 N–H and O–H groups in total. The number of alkyl halides is 2. The van der Waals surface area contributed by atoms with E-state index in [1.54, 1.807) is 11.0 Å². The number of thiazole rings is 1. The van der Waals surface area contributed by atoms with Crippen molar-refractivity contribution in [2.75, 3.05) is 26.2 Å². The minimum Gasteiger partial charge on any atom is -0.506 e. The van der Waals surface area contributed by atoms with E-state index in [0.29, 0.717) is 57.4 Å². The van der Waals surface area contributed by atoms with Crippen LogP contribution in [0.5, 0.6) is 5.75 Å². The highest BCUT2D eigenvalue weighted by Crippen LogP contribution is 2.35. The number of aromatic amines is 1. The summed E-state index contributed by atoms with van der Waals surface area (Å²) in [7, 11) is 0. The molecule has 1 saturated carbocycles. The van der Waals surface area contributed by atoms with Crippen molar-refractivity contribution in [3.05, 3.63) is 63.3 Å². The first-order valence-corrected chi connectivity index (χ1v) is 14.9. The number of H-pyrrole nitrogens is 1. The van der Waals surface area contributed by atoms with Crippen LogP contribution in [0.1, 0.15) is 57.1 Å². The Labute approximate surface area is 238 Å². The Balaban J connectivity index is 1.29. The van der Waals surface area contributed by atoms with E-state index in [-0.39, 0.29) is 41.0 Å². The van der Waals surface area contributed by atoms with Crippen molar-refractivity contribution in [1.29, 1.82) is 0 Å². The lowest BCUT2D eigenvalue weighted by Crippen LogP contribution is -2.48. The van der Waals surface area contributed by atoms with Crippen LogP contribution in [-0.2, 0) is 17.6 Å². The number of benzene rings is 2. The van der Waals surface area contributed by atoms with Gasteiger partial charge in [-0.2, -0.15) is 0 Å². The van der Waals surface area contributed by atoms with Gasteiger partial charge in [0.1, 0.15) is 11.3 Å². The van der Waals surface area contributed by atoms with Gasteiger partial charge < -0.3 is 25.6 Å². The molecule has 1 aliphatic carbocycles. The lowest BCUT2D eigenvalue weighted by molar-refractivity contribution is -0.136. The molecule has 1 aromatic heterocycles. The van der Waals surface area contributed by atoms with Crippen molar-refractivity contribution in [3.8, 4) is 5.75 Å². The van der Waals surface area contributed by atoms with E-state index in [2.05, 4.69) is 41.6 Å². The number of fused-ring (bicyclic) bond motifs is 1. The zero-order chi connectivity index (χ0) is 28.8. The summed E-state index contributed by atoms with van der Waals surface area (Å²) in [4.78, 5) is 29.3. The monoisotopic (exact) mass is 574 g/mol. The van der Waals surface area contributed by atoms with E-state index in [4.69, 9.17) is 0 Å². The van der Waals surface area contributed by atoms with Gasteiger partial charge in [0.25, 0.3) is 0 Å². The van der Waals surface area contributed by atoms with Gasteiger partial charge in [-0.3, -0.25) is 9.59 Å². The summed E-state index contributed by atoms with van der Waals surface area (Å²) in [5.74, 6) is -2.61. The smallest absolute Gasteiger partial charge is 0.305 e. The van der Waals surface area contributed by atoms with Gasteiger partial charge in [0.15, 0.2) is 0 Å². The van der Waals surface area contributed by atoms with Gasteiger partial charge in [-0.05, 0) is 63.3 Å². The van der Waals surface area contributed by atoms with Crippen LogP contribution in [0.2, 0.25) is 0 Å². The normalized spacial score (nSPS) is 15.9. The molecule has 0 bridgehead atoms. The van der Waals surface area contributed by atoms with Crippen LogP contribution in [0.4, 0.5) is 8.78 Å². The molecule has 0 unspecified atom stereocenters. The second-order valence-corrected chi connectivity index (χ2v) is 12.3. The summed E-state index contributed by atoms with van der Waals surface area (Å²) < 4.78 is 28.4. The first-order valence-electron chi connectivity index (χ1n) is 14.0. The molecular formula is C30H40F2N4O3S. The summed E-state index contributed by atoms with van der Waals surface area (Å²) in [6, 6.07) is 13.4. The number of phenols is 1. The molecule has 0 radical (unpaired) electrons. The lowest BCUT2D eigenvalue weighted by atomic mass is 9.91. The summed E-state index contributed by atoms with van der Waals surface area (Å²) in [5.41, 5.74) is 2.45. The first-order chi connectivity index (χ1) is 19.0. The van der Waals surface area contributed by atoms with E-state index in [1.807, 2.05) is 24.3 Å². The molecule has 0 spiro atoms. The Morgan fingerprint density at radius 1 is 1.12 bits per heavy atom. The highest BCUT2D eigenvalue weighted by molar-refractivity contribution is 7.16. The van der Waals surface area contributed by atoms with E-state index < -0.39 is 5.92 Å². The van der Waals surface area contributed by atoms with E-state index in [0.717, 1.165) is 28.0 Å². The Hall–Kier alpha value is -2.82. The summed E-state index contributed by atoms with van der Waals surface area (Å²) >= 11 is 1.07. The number of carbonyl (C=O) groups is 1. The van der Waals surface area contributed by atoms with Gasteiger partial charge in [0.05, 0.1) is 4.70 Å². The van der Waals surface area contributed by atoms with Crippen LogP contribution in [0.3, 0.4) is 0 Å². The third-order valence-corrected chi connectivity index (χ3v) is 8.58. The molecule has 3 aromatic rings. The number of rotatable bonds is 13. The molecule has 2 aromatic carbocycles. The molecule has 4 rings (SSSR count). The molecular weight excluding hydrogens is 534 g/mol. The number of aromatic nitrogens is 1. The topological polar surface area (TPSA) is 97.5 Å². The molecule has 0 aliphatic heterocycles. The molecule has 218 valence electrons. The predicted molar refractivity (Wildman–Crippen MR) is 156 cm³/mol. The van der Waals surface area contributed by atoms with Crippen LogP contribution < -0.4 is 15.5 Å². The fraction of sp³-hybridized carbons (Fsp3) is 0.533. The number of nitrogens with one attached hydrogen (secondary N) is 3. The number of amides is 1.